The van der Waals surface area contributed by atoms with E-state index in [9.17, 15) is 17.7 Å². The average Bonchev–Trinajstić information content (AvgIpc) is 3.11. The molecule has 10 heteroatoms. The standard InChI is InChI=1S/C21H28FN5O3S/c1-24-11-8-20-21(24)19(23-28)7-12-27(31(20,29)30)10-2-9-25-13-15-26(16-14-25)18-5-3-17(22)4-6-18/h3-6,8,11,19H,2,7,9-10,12-16H2,1H3. The van der Waals surface area contributed by atoms with E-state index < -0.39 is 16.1 Å². The Hall–Kier alpha value is -2.30. The van der Waals surface area contributed by atoms with Gasteiger partial charge in [0.1, 0.15) is 16.8 Å². The monoisotopic (exact) mass is 449 g/mol. The van der Waals surface area contributed by atoms with Crippen molar-refractivity contribution >= 4 is 15.7 Å². The van der Waals surface area contributed by atoms with Crippen LogP contribution in [0, 0.1) is 10.7 Å². The topological polar surface area (TPSA) is 78.2 Å². The minimum atomic E-state index is -3.64. The molecule has 0 aliphatic carbocycles. The van der Waals surface area contributed by atoms with Crippen molar-refractivity contribution in [1.29, 1.82) is 0 Å². The van der Waals surface area contributed by atoms with Gasteiger partial charge in [0, 0.05) is 58.2 Å². The second-order valence-corrected chi connectivity index (χ2v) is 10.1. The molecule has 0 spiro atoms. The molecule has 2 aliphatic rings. The lowest BCUT2D eigenvalue weighted by molar-refractivity contribution is 0.245. The Morgan fingerprint density at radius 2 is 1.74 bits per heavy atom. The second-order valence-electron chi connectivity index (χ2n) is 8.15. The lowest BCUT2D eigenvalue weighted by Crippen LogP contribution is -2.47. The molecule has 0 N–H and O–H groups in total. The van der Waals surface area contributed by atoms with Crippen molar-refractivity contribution in [2.75, 3.05) is 50.7 Å². The lowest BCUT2D eigenvalue weighted by atomic mass is 10.1. The van der Waals surface area contributed by atoms with Gasteiger partial charge in [-0.2, -0.15) is 9.21 Å². The van der Waals surface area contributed by atoms with Crippen molar-refractivity contribution in [3.63, 3.8) is 0 Å². The number of rotatable bonds is 6. The Kier molecular flexibility index (Phi) is 6.40. The molecule has 168 valence electrons. The summed E-state index contributed by atoms with van der Waals surface area (Å²) in [5, 5.41) is 3.18. The van der Waals surface area contributed by atoms with Crippen LogP contribution in [0.15, 0.2) is 46.6 Å². The van der Waals surface area contributed by atoms with Gasteiger partial charge in [-0.1, -0.05) is 5.18 Å². The van der Waals surface area contributed by atoms with Crippen molar-refractivity contribution < 1.29 is 12.8 Å². The number of aryl methyl sites for hydroxylation is 1. The van der Waals surface area contributed by atoms with Gasteiger partial charge in [-0.05, 0) is 49.7 Å². The van der Waals surface area contributed by atoms with E-state index in [0.29, 0.717) is 25.2 Å². The number of nitroso groups, excluding NO2 is 1. The first-order valence-electron chi connectivity index (χ1n) is 10.6. The minimum Gasteiger partial charge on any atom is -0.369 e. The van der Waals surface area contributed by atoms with Gasteiger partial charge >= 0.3 is 0 Å². The van der Waals surface area contributed by atoms with Gasteiger partial charge in [-0.15, -0.1) is 0 Å². The molecule has 1 aromatic heterocycles. The second kappa shape index (κ2) is 9.05. The zero-order valence-corrected chi connectivity index (χ0v) is 18.5. The first-order chi connectivity index (χ1) is 14.9. The van der Waals surface area contributed by atoms with Crippen molar-refractivity contribution in [2.24, 2.45) is 12.2 Å². The number of aromatic nitrogens is 1. The molecule has 0 bridgehead atoms. The fraction of sp³-hybridized carbons (Fsp3) is 0.524. The third kappa shape index (κ3) is 4.51. The van der Waals surface area contributed by atoms with Gasteiger partial charge in [0.15, 0.2) is 0 Å². The van der Waals surface area contributed by atoms with Gasteiger partial charge in [-0.25, -0.2) is 12.8 Å². The van der Waals surface area contributed by atoms with Crippen LogP contribution in [-0.2, 0) is 17.1 Å². The van der Waals surface area contributed by atoms with Crippen LogP contribution in [-0.4, -0.2) is 68.0 Å². The van der Waals surface area contributed by atoms with Crippen LogP contribution in [0.3, 0.4) is 0 Å². The van der Waals surface area contributed by atoms with E-state index in [0.717, 1.165) is 44.8 Å². The first-order valence-corrected chi connectivity index (χ1v) is 12.0. The predicted molar refractivity (Wildman–Crippen MR) is 117 cm³/mol. The number of sulfonamides is 1. The lowest BCUT2D eigenvalue weighted by Gasteiger charge is -2.36. The number of hydrogen-bond donors (Lipinski definition) is 0. The Bertz CT molecular complexity index is 1020. The molecule has 1 saturated heterocycles. The highest BCUT2D eigenvalue weighted by molar-refractivity contribution is 7.89. The smallest absolute Gasteiger partial charge is 0.244 e. The zero-order chi connectivity index (χ0) is 22.0. The van der Waals surface area contributed by atoms with Gasteiger partial charge < -0.3 is 9.47 Å². The number of nitrogens with zero attached hydrogens (tertiary/aromatic N) is 5. The van der Waals surface area contributed by atoms with E-state index in [1.54, 1.807) is 36.0 Å². The molecular formula is C21H28FN5O3S. The first kappa shape index (κ1) is 21.9. The minimum absolute atomic E-state index is 0.199. The maximum absolute atomic E-state index is 13.1. The van der Waals surface area contributed by atoms with Crippen LogP contribution >= 0.6 is 0 Å². The van der Waals surface area contributed by atoms with Crippen molar-refractivity contribution in [1.82, 2.24) is 13.8 Å². The number of piperazine rings is 1. The summed E-state index contributed by atoms with van der Waals surface area (Å²) in [7, 11) is -1.89. The summed E-state index contributed by atoms with van der Waals surface area (Å²) >= 11 is 0. The van der Waals surface area contributed by atoms with E-state index in [1.165, 1.54) is 16.4 Å². The largest absolute Gasteiger partial charge is 0.369 e. The highest BCUT2D eigenvalue weighted by Crippen LogP contribution is 2.34. The SMILES string of the molecule is Cn1ccc2c1C(N=O)CCN(CCCN1CCN(c3ccc(F)cc3)CC1)S2(=O)=O. The highest BCUT2D eigenvalue weighted by atomic mass is 32.2. The van der Waals surface area contributed by atoms with E-state index in [2.05, 4.69) is 15.0 Å². The number of fused-ring (bicyclic) bond motifs is 1. The molecular weight excluding hydrogens is 421 g/mol. The quantitative estimate of drug-likeness (QED) is 0.634. The third-order valence-corrected chi connectivity index (χ3v) is 8.19. The summed E-state index contributed by atoms with van der Waals surface area (Å²) in [5.41, 5.74) is 1.50. The van der Waals surface area contributed by atoms with Crippen LogP contribution < -0.4 is 4.90 Å². The maximum atomic E-state index is 13.1. The predicted octanol–water partition coefficient (Wildman–Crippen LogP) is 2.58. The van der Waals surface area contributed by atoms with Crippen LogP contribution in [0.1, 0.15) is 24.6 Å². The van der Waals surface area contributed by atoms with Gasteiger partial charge in [-0.3, -0.25) is 4.90 Å². The molecule has 8 nitrogen and oxygen atoms in total. The van der Waals surface area contributed by atoms with E-state index in [-0.39, 0.29) is 10.7 Å². The van der Waals surface area contributed by atoms with Gasteiger partial charge in [0.2, 0.25) is 10.0 Å². The summed E-state index contributed by atoms with van der Waals surface area (Å²) in [6.07, 6.45) is 2.78. The Balaban J connectivity index is 1.32. The molecule has 31 heavy (non-hydrogen) atoms. The van der Waals surface area contributed by atoms with Crippen LogP contribution in [0.25, 0.3) is 0 Å². The Morgan fingerprint density at radius 3 is 2.42 bits per heavy atom. The van der Waals surface area contributed by atoms with E-state index >= 15 is 0 Å². The molecule has 0 radical (unpaired) electrons. The number of hydrogen-bond acceptors (Lipinski definition) is 6. The molecule has 1 fully saturated rings. The summed E-state index contributed by atoms with van der Waals surface area (Å²) in [6.45, 7) is 4.99. The third-order valence-electron chi connectivity index (χ3n) is 6.24. The molecule has 2 aromatic rings. The summed E-state index contributed by atoms with van der Waals surface area (Å²) in [6, 6.07) is 7.48. The van der Waals surface area contributed by atoms with E-state index in [4.69, 9.17) is 0 Å². The molecule has 0 saturated carbocycles. The van der Waals surface area contributed by atoms with Crippen molar-refractivity contribution in [2.45, 2.75) is 23.8 Å². The molecule has 0 amide bonds. The molecule has 1 atom stereocenters. The summed E-state index contributed by atoms with van der Waals surface area (Å²) in [4.78, 5) is 16.1. The normalized spacial score (nSPS) is 22.1. The highest BCUT2D eigenvalue weighted by Gasteiger charge is 2.36. The molecule has 4 rings (SSSR count). The van der Waals surface area contributed by atoms with Crippen LogP contribution in [0.2, 0.25) is 0 Å². The summed E-state index contributed by atoms with van der Waals surface area (Å²) < 4.78 is 42.5. The molecule has 3 heterocycles. The fourth-order valence-corrected chi connectivity index (χ4v) is 6.26. The van der Waals surface area contributed by atoms with Crippen molar-refractivity contribution in [3.05, 3.63) is 52.9 Å². The van der Waals surface area contributed by atoms with E-state index in [1.807, 2.05) is 0 Å². The average molecular weight is 450 g/mol. The summed E-state index contributed by atoms with van der Waals surface area (Å²) in [5.74, 6) is -0.233. The van der Waals surface area contributed by atoms with Crippen LogP contribution in [0.5, 0.6) is 0 Å². The fourth-order valence-electron chi connectivity index (χ4n) is 4.49. The molecule has 2 aliphatic heterocycles. The van der Waals surface area contributed by atoms with Crippen LogP contribution in [0.4, 0.5) is 10.1 Å². The van der Waals surface area contributed by atoms with Crippen molar-refractivity contribution in [3.8, 4) is 0 Å². The van der Waals surface area contributed by atoms with Gasteiger partial charge in [0.25, 0.3) is 0 Å². The van der Waals surface area contributed by atoms with Gasteiger partial charge in [0.05, 0.1) is 5.69 Å². The number of halogens is 1. The Morgan fingerprint density at radius 1 is 1.03 bits per heavy atom. The Labute approximate surface area is 182 Å². The number of anilines is 1. The molecule has 1 unspecified atom stereocenters. The zero-order valence-electron chi connectivity index (χ0n) is 17.7. The number of benzene rings is 1. The molecule has 1 aromatic carbocycles. The maximum Gasteiger partial charge on any atom is 0.244 e.